The molecule has 0 heterocycles. The van der Waals surface area contributed by atoms with Crippen LogP contribution in [0.2, 0.25) is 0 Å². The Kier molecular flexibility index (Phi) is 7.89. The Morgan fingerprint density at radius 2 is 1.79 bits per heavy atom. The van der Waals surface area contributed by atoms with E-state index < -0.39 is 9.84 Å². The lowest BCUT2D eigenvalue weighted by Crippen LogP contribution is -2.65. The molecule has 2 rings (SSSR count). The Morgan fingerprint density at radius 3 is 2.29 bits per heavy atom. The van der Waals surface area contributed by atoms with Gasteiger partial charge in [0.1, 0.15) is 0 Å². The van der Waals surface area contributed by atoms with E-state index in [9.17, 15) is 8.42 Å². The summed E-state index contributed by atoms with van der Waals surface area (Å²) in [6.07, 6.45) is 4.71. The molecule has 28 heavy (non-hydrogen) atoms. The van der Waals surface area contributed by atoms with Crippen molar-refractivity contribution >= 4 is 15.8 Å². The molecule has 2 unspecified atom stereocenters. The standard InChI is InChI=1S/C21H35N3O3S/c1-6-21(7-2)18(13-19(21)27-8-3)24-20(22-4)23-14-16-9-11-17(12-10-16)15-28(5,25)26/h9-12,18-19H,6-8,13-15H2,1-5H3,(H2,22,23,24). The van der Waals surface area contributed by atoms with E-state index in [-0.39, 0.29) is 11.2 Å². The fraction of sp³-hybridized carbons (Fsp3) is 0.667. The van der Waals surface area contributed by atoms with Gasteiger partial charge >= 0.3 is 0 Å². The molecule has 0 saturated heterocycles. The van der Waals surface area contributed by atoms with E-state index in [0.717, 1.165) is 43.0 Å². The highest BCUT2D eigenvalue weighted by Crippen LogP contribution is 2.48. The minimum atomic E-state index is -3.01. The minimum absolute atomic E-state index is 0.0722. The fourth-order valence-corrected chi connectivity index (χ4v) is 4.98. The van der Waals surface area contributed by atoms with Crippen molar-refractivity contribution in [3.63, 3.8) is 0 Å². The molecule has 2 atom stereocenters. The van der Waals surface area contributed by atoms with Crippen LogP contribution in [0.15, 0.2) is 29.3 Å². The first kappa shape index (κ1) is 22.7. The molecule has 1 aliphatic carbocycles. The molecule has 1 aromatic rings. The molecule has 7 heteroatoms. The summed E-state index contributed by atoms with van der Waals surface area (Å²) in [5.41, 5.74) is 2.04. The molecule has 1 aliphatic rings. The predicted molar refractivity (Wildman–Crippen MR) is 115 cm³/mol. The molecule has 0 bridgehead atoms. The van der Waals surface area contributed by atoms with Gasteiger partial charge in [-0.15, -0.1) is 0 Å². The van der Waals surface area contributed by atoms with E-state index in [4.69, 9.17) is 4.74 Å². The molecule has 0 amide bonds. The summed E-state index contributed by atoms with van der Waals surface area (Å²) < 4.78 is 28.7. The lowest BCUT2D eigenvalue weighted by Gasteiger charge is -2.55. The second-order valence-electron chi connectivity index (χ2n) is 7.63. The van der Waals surface area contributed by atoms with Gasteiger partial charge in [0.15, 0.2) is 15.8 Å². The van der Waals surface area contributed by atoms with E-state index in [1.807, 2.05) is 24.3 Å². The Morgan fingerprint density at radius 1 is 1.18 bits per heavy atom. The second-order valence-corrected chi connectivity index (χ2v) is 9.77. The van der Waals surface area contributed by atoms with E-state index in [1.54, 1.807) is 7.05 Å². The smallest absolute Gasteiger partial charge is 0.191 e. The van der Waals surface area contributed by atoms with Crippen molar-refractivity contribution in [2.45, 2.75) is 64.5 Å². The fourth-order valence-electron chi connectivity index (χ4n) is 4.18. The zero-order valence-corrected chi connectivity index (χ0v) is 18.6. The zero-order chi connectivity index (χ0) is 20.8. The van der Waals surface area contributed by atoms with Crippen molar-refractivity contribution in [3.8, 4) is 0 Å². The van der Waals surface area contributed by atoms with Crippen molar-refractivity contribution < 1.29 is 13.2 Å². The molecule has 6 nitrogen and oxygen atoms in total. The average Bonchev–Trinajstić information content (AvgIpc) is 2.64. The van der Waals surface area contributed by atoms with Crippen molar-refractivity contribution in [1.29, 1.82) is 0 Å². The number of nitrogens with one attached hydrogen (secondary N) is 2. The third kappa shape index (κ3) is 5.47. The van der Waals surface area contributed by atoms with Crippen LogP contribution in [-0.4, -0.2) is 46.4 Å². The van der Waals surface area contributed by atoms with Crippen molar-refractivity contribution in [2.75, 3.05) is 19.9 Å². The highest BCUT2D eigenvalue weighted by atomic mass is 32.2. The van der Waals surface area contributed by atoms with Crippen LogP contribution in [0.5, 0.6) is 0 Å². The van der Waals surface area contributed by atoms with E-state index in [1.165, 1.54) is 6.26 Å². The van der Waals surface area contributed by atoms with Gasteiger partial charge in [0.25, 0.3) is 0 Å². The van der Waals surface area contributed by atoms with Crippen LogP contribution in [0.25, 0.3) is 0 Å². The normalized spacial score (nSPS) is 21.8. The maximum Gasteiger partial charge on any atom is 0.191 e. The molecule has 1 aromatic carbocycles. The van der Waals surface area contributed by atoms with Gasteiger partial charge in [-0.05, 0) is 37.3 Å². The number of ether oxygens (including phenoxy) is 1. The van der Waals surface area contributed by atoms with Gasteiger partial charge in [0, 0.05) is 37.9 Å². The van der Waals surface area contributed by atoms with Crippen LogP contribution >= 0.6 is 0 Å². The highest BCUT2D eigenvalue weighted by molar-refractivity contribution is 7.89. The number of rotatable bonds is 9. The minimum Gasteiger partial charge on any atom is -0.378 e. The molecule has 2 N–H and O–H groups in total. The zero-order valence-electron chi connectivity index (χ0n) is 17.8. The van der Waals surface area contributed by atoms with Crippen LogP contribution in [-0.2, 0) is 26.9 Å². The van der Waals surface area contributed by atoms with E-state index >= 15 is 0 Å². The van der Waals surface area contributed by atoms with Crippen LogP contribution in [0.4, 0.5) is 0 Å². The molecular weight excluding hydrogens is 374 g/mol. The van der Waals surface area contributed by atoms with Gasteiger partial charge in [-0.1, -0.05) is 38.1 Å². The Balaban J connectivity index is 1.93. The topological polar surface area (TPSA) is 79.8 Å². The van der Waals surface area contributed by atoms with Gasteiger partial charge in [-0.25, -0.2) is 8.42 Å². The average molecular weight is 410 g/mol. The summed E-state index contributed by atoms with van der Waals surface area (Å²) in [7, 11) is -1.23. The third-order valence-electron chi connectivity index (χ3n) is 5.92. The maximum atomic E-state index is 11.4. The van der Waals surface area contributed by atoms with Crippen molar-refractivity contribution in [2.24, 2.45) is 10.4 Å². The summed E-state index contributed by atoms with van der Waals surface area (Å²) >= 11 is 0. The first-order valence-electron chi connectivity index (χ1n) is 10.1. The summed E-state index contributed by atoms with van der Waals surface area (Å²) in [6.45, 7) is 7.90. The second kappa shape index (κ2) is 9.74. The lowest BCUT2D eigenvalue weighted by molar-refractivity contribution is -0.133. The van der Waals surface area contributed by atoms with Crippen LogP contribution in [0.1, 0.15) is 51.2 Å². The number of sulfone groups is 1. The molecule has 1 fully saturated rings. The number of aliphatic imine (C=N–C) groups is 1. The molecule has 0 aliphatic heterocycles. The molecule has 0 aromatic heterocycles. The Hall–Kier alpha value is -1.60. The number of hydrogen-bond acceptors (Lipinski definition) is 4. The quantitative estimate of drug-likeness (QED) is 0.484. The predicted octanol–water partition coefficient (Wildman–Crippen LogP) is 2.88. The van der Waals surface area contributed by atoms with Gasteiger partial charge in [0.2, 0.25) is 0 Å². The number of hydrogen-bond donors (Lipinski definition) is 2. The molecule has 0 spiro atoms. The Labute approximate surface area is 170 Å². The maximum absolute atomic E-state index is 11.4. The SMILES string of the molecule is CCOC1CC(NC(=NC)NCc2ccc(CS(C)(=O)=O)cc2)C1(CC)CC. The molecule has 0 radical (unpaired) electrons. The molecular formula is C21H35N3O3S. The Bertz CT molecular complexity index is 756. The first-order valence-corrected chi connectivity index (χ1v) is 12.2. The largest absolute Gasteiger partial charge is 0.378 e. The van der Waals surface area contributed by atoms with Gasteiger partial charge < -0.3 is 15.4 Å². The third-order valence-corrected chi connectivity index (χ3v) is 6.77. The number of nitrogens with zero attached hydrogens (tertiary/aromatic N) is 1. The summed E-state index contributed by atoms with van der Waals surface area (Å²) in [5.74, 6) is 0.856. The number of guanidine groups is 1. The van der Waals surface area contributed by atoms with Crippen LogP contribution in [0.3, 0.4) is 0 Å². The molecule has 1 saturated carbocycles. The number of benzene rings is 1. The summed E-state index contributed by atoms with van der Waals surface area (Å²) in [4.78, 5) is 4.37. The van der Waals surface area contributed by atoms with Crippen molar-refractivity contribution in [1.82, 2.24) is 10.6 Å². The lowest BCUT2D eigenvalue weighted by atomic mass is 9.58. The molecule has 158 valence electrons. The highest BCUT2D eigenvalue weighted by Gasteiger charge is 2.53. The van der Waals surface area contributed by atoms with Crippen molar-refractivity contribution in [3.05, 3.63) is 35.4 Å². The first-order chi connectivity index (χ1) is 13.3. The summed E-state index contributed by atoms with van der Waals surface area (Å²) in [5, 5.41) is 6.94. The van der Waals surface area contributed by atoms with Gasteiger partial charge in [-0.2, -0.15) is 0 Å². The monoisotopic (exact) mass is 409 g/mol. The summed E-state index contributed by atoms with van der Waals surface area (Å²) in [6, 6.07) is 8.00. The van der Waals surface area contributed by atoms with Gasteiger partial charge in [0.05, 0.1) is 11.9 Å². The van der Waals surface area contributed by atoms with E-state index in [2.05, 4.69) is 36.4 Å². The van der Waals surface area contributed by atoms with Gasteiger partial charge in [-0.3, -0.25) is 4.99 Å². The van der Waals surface area contributed by atoms with E-state index in [0.29, 0.717) is 18.7 Å². The van der Waals surface area contributed by atoms with Crippen LogP contribution < -0.4 is 10.6 Å². The van der Waals surface area contributed by atoms with Crippen LogP contribution in [0, 0.1) is 5.41 Å².